The van der Waals surface area contributed by atoms with E-state index in [0.29, 0.717) is 24.2 Å². The first kappa shape index (κ1) is 17.3. The summed E-state index contributed by atoms with van der Waals surface area (Å²) in [6.45, 7) is 1.62. The molecule has 0 aliphatic rings. The van der Waals surface area contributed by atoms with Gasteiger partial charge in [-0.2, -0.15) is 4.20 Å². The summed E-state index contributed by atoms with van der Waals surface area (Å²) in [5.74, 6) is 0. The minimum absolute atomic E-state index is 0.0926. The standard InChI is InChI=1S/C12H16FN4O5P/c1-23(13,20)21-8-4-2-3-7-14-9-5-6-10(17(18)19)12-11(9)15-22-16-12/h5-6,14H,2-4,7-8H2,1H3. The van der Waals surface area contributed by atoms with Crippen molar-refractivity contribution in [2.45, 2.75) is 19.3 Å². The number of hydrogen-bond acceptors (Lipinski definition) is 8. The number of benzene rings is 1. The Labute approximate surface area is 130 Å². The summed E-state index contributed by atoms with van der Waals surface area (Å²) in [6.07, 6.45) is 2.10. The molecule has 1 aromatic heterocycles. The number of nitro groups is 1. The lowest BCUT2D eigenvalue weighted by molar-refractivity contribution is -0.383. The van der Waals surface area contributed by atoms with Crippen LogP contribution in [0.15, 0.2) is 16.8 Å². The first-order chi connectivity index (χ1) is 10.9. The molecule has 9 nitrogen and oxygen atoms in total. The molecule has 23 heavy (non-hydrogen) atoms. The van der Waals surface area contributed by atoms with Gasteiger partial charge in [-0.05, 0) is 35.6 Å². The number of non-ortho nitro benzene ring substituents is 1. The number of hydrogen-bond donors (Lipinski definition) is 1. The molecule has 2 rings (SSSR count). The smallest absolute Gasteiger partial charge is 0.364 e. The Kier molecular flexibility index (Phi) is 5.62. The van der Waals surface area contributed by atoms with Gasteiger partial charge in [0.1, 0.15) is 0 Å². The van der Waals surface area contributed by atoms with E-state index in [0.717, 1.165) is 19.5 Å². The zero-order chi connectivity index (χ0) is 16.9. The molecule has 0 radical (unpaired) electrons. The van der Waals surface area contributed by atoms with E-state index in [1.165, 1.54) is 6.07 Å². The van der Waals surface area contributed by atoms with Crippen molar-refractivity contribution in [1.29, 1.82) is 0 Å². The number of unbranched alkanes of at least 4 members (excludes halogenated alkanes) is 2. The Morgan fingerprint density at radius 3 is 2.78 bits per heavy atom. The average molecular weight is 346 g/mol. The highest BCUT2D eigenvalue weighted by atomic mass is 31.2. The molecule has 0 saturated heterocycles. The third kappa shape index (κ3) is 4.97. The van der Waals surface area contributed by atoms with Crippen molar-refractivity contribution >= 4 is 30.1 Å². The monoisotopic (exact) mass is 346 g/mol. The molecule has 0 bridgehead atoms. The van der Waals surface area contributed by atoms with Crippen molar-refractivity contribution in [3.05, 3.63) is 22.2 Å². The molecule has 0 saturated carbocycles. The summed E-state index contributed by atoms with van der Waals surface area (Å²) in [5, 5.41) is 21.2. The highest BCUT2D eigenvalue weighted by Gasteiger charge is 2.19. The molecule has 11 heteroatoms. The lowest BCUT2D eigenvalue weighted by Crippen LogP contribution is -2.03. The lowest BCUT2D eigenvalue weighted by atomic mass is 10.2. The molecule has 0 fully saturated rings. The third-order valence-electron chi connectivity index (χ3n) is 3.05. The second-order valence-corrected chi connectivity index (χ2v) is 6.67. The topological polar surface area (TPSA) is 120 Å². The Balaban J connectivity index is 1.82. The molecule has 0 aliphatic carbocycles. The molecule has 1 N–H and O–H groups in total. The van der Waals surface area contributed by atoms with Crippen molar-refractivity contribution in [3.63, 3.8) is 0 Å². The van der Waals surface area contributed by atoms with Crippen molar-refractivity contribution < 1.29 is 22.8 Å². The van der Waals surface area contributed by atoms with E-state index in [2.05, 4.69) is 24.8 Å². The van der Waals surface area contributed by atoms with Crippen molar-refractivity contribution in [2.75, 3.05) is 25.1 Å². The quantitative estimate of drug-likeness (QED) is 0.317. The maximum atomic E-state index is 12.6. The predicted octanol–water partition coefficient (Wildman–Crippen LogP) is 3.52. The number of fused-ring (bicyclic) bond motifs is 1. The zero-order valence-corrected chi connectivity index (χ0v) is 13.3. The van der Waals surface area contributed by atoms with Crippen LogP contribution in [0.25, 0.3) is 11.0 Å². The van der Waals surface area contributed by atoms with Crippen LogP contribution in [-0.4, -0.2) is 35.1 Å². The Morgan fingerprint density at radius 1 is 1.35 bits per heavy atom. The van der Waals surface area contributed by atoms with Crippen LogP contribution >= 0.6 is 7.68 Å². The van der Waals surface area contributed by atoms with Crippen LogP contribution in [0.5, 0.6) is 0 Å². The van der Waals surface area contributed by atoms with Crippen molar-refractivity contribution in [3.8, 4) is 0 Å². The Bertz CT molecular complexity index is 731. The van der Waals surface area contributed by atoms with Gasteiger partial charge in [0, 0.05) is 19.3 Å². The van der Waals surface area contributed by atoms with Gasteiger partial charge in [-0.3, -0.25) is 14.7 Å². The second kappa shape index (κ2) is 7.47. The summed E-state index contributed by atoms with van der Waals surface area (Å²) in [7, 11) is -3.90. The number of halogens is 1. The number of aromatic nitrogens is 2. The number of nitro benzene ring substituents is 1. The molecule has 0 spiro atoms. The van der Waals surface area contributed by atoms with Crippen LogP contribution in [0.3, 0.4) is 0 Å². The molecule has 1 aromatic carbocycles. The fourth-order valence-electron chi connectivity index (χ4n) is 2.00. The summed E-state index contributed by atoms with van der Waals surface area (Å²) in [6, 6.07) is 2.88. The van der Waals surface area contributed by atoms with Crippen LogP contribution < -0.4 is 5.32 Å². The van der Waals surface area contributed by atoms with E-state index in [-0.39, 0.29) is 17.8 Å². The Morgan fingerprint density at radius 2 is 2.09 bits per heavy atom. The van der Waals surface area contributed by atoms with Crippen LogP contribution in [0.4, 0.5) is 15.6 Å². The average Bonchev–Trinajstić information content (AvgIpc) is 2.94. The van der Waals surface area contributed by atoms with Gasteiger partial charge >= 0.3 is 13.4 Å². The Hall–Kier alpha value is -2.06. The van der Waals surface area contributed by atoms with Crippen molar-refractivity contribution in [1.82, 2.24) is 10.3 Å². The first-order valence-corrected chi connectivity index (χ1v) is 8.90. The molecule has 0 amide bonds. The highest BCUT2D eigenvalue weighted by molar-refractivity contribution is 7.52. The maximum absolute atomic E-state index is 12.6. The van der Waals surface area contributed by atoms with Gasteiger partial charge in [-0.1, -0.05) is 0 Å². The lowest BCUT2D eigenvalue weighted by Gasteiger charge is -2.07. The molecular weight excluding hydrogens is 330 g/mol. The van der Waals surface area contributed by atoms with E-state index < -0.39 is 12.6 Å². The van der Waals surface area contributed by atoms with Gasteiger partial charge < -0.3 is 9.84 Å². The number of rotatable bonds is 9. The molecule has 1 unspecified atom stereocenters. The van der Waals surface area contributed by atoms with E-state index in [4.69, 9.17) is 0 Å². The SMILES string of the molecule is CP(=O)(F)OCCCCCNc1ccc([N+](=O)[O-])c2nonc12. The molecule has 0 aliphatic heterocycles. The first-order valence-electron chi connectivity index (χ1n) is 6.94. The van der Waals surface area contributed by atoms with Gasteiger partial charge in [0.05, 0.1) is 17.2 Å². The molecule has 2 aromatic rings. The number of anilines is 1. The van der Waals surface area contributed by atoms with Crippen LogP contribution in [0.1, 0.15) is 19.3 Å². The normalized spacial score (nSPS) is 13.8. The van der Waals surface area contributed by atoms with E-state index >= 15 is 0 Å². The fraction of sp³-hybridized carbons (Fsp3) is 0.500. The fourth-order valence-corrected chi connectivity index (χ4v) is 2.45. The van der Waals surface area contributed by atoms with E-state index in [1.54, 1.807) is 6.07 Å². The molecular formula is C12H16FN4O5P. The van der Waals surface area contributed by atoms with Gasteiger partial charge in [0.15, 0.2) is 5.52 Å². The maximum Gasteiger partial charge on any atom is 0.364 e. The van der Waals surface area contributed by atoms with Gasteiger partial charge in [0.25, 0.3) is 0 Å². The van der Waals surface area contributed by atoms with E-state index in [9.17, 15) is 18.9 Å². The largest absolute Gasteiger partial charge is 0.383 e. The summed E-state index contributed by atoms with van der Waals surface area (Å²) in [4.78, 5) is 10.3. The zero-order valence-electron chi connectivity index (χ0n) is 12.4. The van der Waals surface area contributed by atoms with Crippen LogP contribution in [0.2, 0.25) is 0 Å². The number of nitrogens with zero attached hydrogens (tertiary/aromatic N) is 3. The second-order valence-electron chi connectivity index (χ2n) is 4.92. The molecule has 1 heterocycles. The van der Waals surface area contributed by atoms with E-state index in [1.807, 2.05) is 0 Å². The molecule has 1 atom stereocenters. The van der Waals surface area contributed by atoms with Crippen molar-refractivity contribution in [2.24, 2.45) is 0 Å². The molecule has 126 valence electrons. The summed E-state index contributed by atoms with van der Waals surface area (Å²) in [5.41, 5.74) is 0.811. The van der Waals surface area contributed by atoms with Gasteiger partial charge in [-0.25, -0.2) is 4.63 Å². The summed E-state index contributed by atoms with van der Waals surface area (Å²) < 4.78 is 32.5. The van der Waals surface area contributed by atoms with Crippen LogP contribution in [0, 0.1) is 10.1 Å². The third-order valence-corrected chi connectivity index (χ3v) is 3.69. The highest BCUT2D eigenvalue weighted by Crippen LogP contribution is 2.43. The van der Waals surface area contributed by atoms with Gasteiger partial charge in [0.2, 0.25) is 5.52 Å². The van der Waals surface area contributed by atoms with Gasteiger partial charge in [-0.15, -0.1) is 0 Å². The minimum Gasteiger partial charge on any atom is -0.383 e. The van der Waals surface area contributed by atoms with Crippen LogP contribution in [-0.2, 0) is 9.09 Å². The predicted molar refractivity (Wildman–Crippen MR) is 81.4 cm³/mol. The number of nitrogens with one attached hydrogen (secondary N) is 1. The minimum atomic E-state index is -3.90. The summed E-state index contributed by atoms with van der Waals surface area (Å²) >= 11 is 0.